The zero-order valence-corrected chi connectivity index (χ0v) is 11.4. The fraction of sp³-hybridized carbons (Fsp3) is 0.143. The van der Waals surface area contributed by atoms with Crippen LogP contribution in [-0.2, 0) is 6.42 Å². The molecule has 3 N–H and O–H groups in total. The van der Waals surface area contributed by atoms with Crippen LogP contribution in [-0.4, -0.2) is 16.1 Å². The highest BCUT2D eigenvalue weighted by Crippen LogP contribution is 2.38. The molecule has 21 heavy (non-hydrogen) atoms. The Morgan fingerprint density at radius 3 is 2.86 bits per heavy atom. The lowest BCUT2D eigenvalue weighted by molar-refractivity contribution is 0.0689. The Hall–Kier alpha value is -2.34. The molecular weight excluding hydrogens is 299 g/mol. The average molecular weight is 309 g/mol. The van der Waals surface area contributed by atoms with Crippen molar-refractivity contribution in [2.75, 3.05) is 5.73 Å². The molecule has 7 heteroatoms. The molecule has 1 aliphatic rings. The van der Waals surface area contributed by atoms with E-state index in [1.54, 1.807) is 12.1 Å². The van der Waals surface area contributed by atoms with Gasteiger partial charge in [-0.05, 0) is 11.6 Å². The minimum atomic E-state index is -1.37. The van der Waals surface area contributed by atoms with E-state index in [1.807, 2.05) is 12.1 Å². The largest absolute Gasteiger partial charge is 0.483 e. The third-order valence-corrected chi connectivity index (χ3v) is 3.68. The first kappa shape index (κ1) is 13.6. The second kappa shape index (κ2) is 4.89. The summed E-state index contributed by atoms with van der Waals surface area (Å²) in [6.45, 7) is 0. The molecule has 108 valence electrons. The predicted octanol–water partition coefficient (Wildman–Crippen LogP) is 2.83. The van der Waals surface area contributed by atoms with E-state index in [2.05, 4.69) is 4.98 Å². The van der Waals surface area contributed by atoms with Crippen LogP contribution >= 0.6 is 11.6 Å². The van der Waals surface area contributed by atoms with Gasteiger partial charge in [-0.2, -0.15) is 0 Å². The fourth-order valence-electron chi connectivity index (χ4n) is 2.27. The van der Waals surface area contributed by atoms with Crippen molar-refractivity contribution in [3.8, 4) is 5.75 Å². The molecule has 2 heterocycles. The molecule has 1 aliphatic heterocycles. The third-order valence-electron chi connectivity index (χ3n) is 3.29. The minimum absolute atomic E-state index is 0.148. The van der Waals surface area contributed by atoms with Crippen molar-refractivity contribution < 1.29 is 19.0 Å². The molecule has 0 bridgehead atoms. The van der Waals surface area contributed by atoms with E-state index in [0.29, 0.717) is 12.2 Å². The number of nitrogens with two attached hydrogens (primary N) is 1. The number of carbonyl (C=O) groups is 1. The number of ether oxygens (including phenoxy) is 1. The van der Waals surface area contributed by atoms with Gasteiger partial charge in [0, 0.05) is 6.42 Å². The van der Waals surface area contributed by atoms with E-state index in [0.717, 1.165) is 5.56 Å². The normalized spacial score (nSPS) is 16.4. The molecule has 0 saturated heterocycles. The Balaban J connectivity index is 2.07. The number of aromatic carboxylic acids is 1. The summed E-state index contributed by atoms with van der Waals surface area (Å²) in [5, 5.41) is 8.65. The van der Waals surface area contributed by atoms with Crippen LogP contribution in [0.3, 0.4) is 0 Å². The number of rotatable bonds is 2. The van der Waals surface area contributed by atoms with Crippen LogP contribution in [0.5, 0.6) is 5.75 Å². The number of benzene rings is 1. The summed E-state index contributed by atoms with van der Waals surface area (Å²) >= 11 is 5.71. The van der Waals surface area contributed by atoms with Gasteiger partial charge >= 0.3 is 5.97 Å². The number of nitrogens with zero attached hydrogens (tertiary/aromatic N) is 1. The van der Waals surface area contributed by atoms with Gasteiger partial charge in [0.1, 0.15) is 17.5 Å². The maximum atomic E-state index is 14.2. The molecule has 1 atom stereocenters. The van der Waals surface area contributed by atoms with Crippen LogP contribution in [0, 0.1) is 5.82 Å². The summed E-state index contributed by atoms with van der Waals surface area (Å²) in [7, 11) is 0. The van der Waals surface area contributed by atoms with Crippen LogP contribution in [0.4, 0.5) is 10.1 Å². The molecule has 3 rings (SSSR count). The summed E-state index contributed by atoms with van der Waals surface area (Å²) in [6.07, 6.45) is -0.333. The molecular formula is C14H10ClFN2O3. The lowest BCUT2D eigenvalue weighted by Crippen LogP contribution is -2.15. The molecule has 2 aromatic rings. The molecule has 1 unspecified atom stereocenters. The van der Waals surface area contributed by atoms with Gasteiger partial charge in [0.25, 0.3) is 0 Å². The van der Waals surface area contributed by atoms with Gasteiger partial charge in [-0.3, -0.25) is 0 Å². The number of anilines is 1. The number of carboxylic acids is 1. The summed E-state index contributed by atoms with van der Waals surface area (Å²) in [6, 6.07) is 7.24. The van der Waals surface area contributed by atoms with E-state index >= 15 is 0 Å². The van der Waals surface area contributed by atoms with Gasteiger partial charge < -0.3 is 15.6 Å². The number of fused-ring (bicyclic) bond motifs is 1. The molecule has 0 saturated carbocycles. The van der Waals surface area contributed by atoms with E-state index in [-0.39, 0.29) is 5.69 Å². The van der Waals surface area contributed by atoms with Crippen molar-refractivity contribution in [3.05, 3.63) is 52.1 Å². The van der Waals surface area contributed by atoms with Crippen molar-refractivity contribution in [2.24, 2.45) is 0 Å². The Labute approximate surface area is 124 Å². The number of pyridine rings is 1. The highest BCUT2D eigenvalue weighted by atomic mass is 35.5. The predicted molar refractivity (Wildman–Crippen MR) is 74.1 cm³/mol. The maximum Gasteiger partial charge on any atom is 0.356 e. The first-order valence-electron chi connectivity index (χ1n) is 6.11. The number of carboxylic acid groups (broad SMARTS) is 1. The third kappa shape index (κ3) is 2.17. The Kier molecular flexibility index (Phi) is 3.17. The van der Waals surface area contributed by atoms with Gasteiger partial charge in [0.05, 0.1) is 10.7 Å². The van der Waals surface area contributed by atoms with Gasteiger partial charge in [-0.1, -0.05) is 29.8 Å². The number of hydrogen-bond donors (Lipinski definition) is 2. The zero-order valence-electron chi connectivity index (χ0n) is 10.6. The van der Waals surface area contributed by atoms with Crippen molar-refractivity contribution in [2.45, 2.75) is 12.5 Å². The van der Waals surface area contributed by atoms with Gasteiger partial charge in [-0.15, -0.1) is 0 Å². The van der Waals surface area contributed by atoms with Crippen LogP contribution < -0.4 is 10.5 Å². The molecule has 0 radical (unpaired) electrons. The summed E-state index contributed by atoms with van der Waals surface area (Å²) in [5.74, 6) is -1.60. The fourth-order valence-corrected chi connectivity index (χ4v) is 2.48. The van der Waals surface area contributed by atoms with Gasteiger partial charge in [-0.25, -0.2) is 14.2 Å². The number of hydrogen-bond acceptors (Lipinski definition) is 4. The first-order chi connectivity index (χ1) is 9.99. The smallest absolute Gasteiger partial charge is 0.356 e. The lowest BCUT2D eigenvalue weighted by Gasteiger charge is -2.14. The minimum Gasteiger partial charge on any atom is -0.483 e. The topological polar surface area (TPSA) is 85.4 Å². The Bertz CT molecular complexity index is 726. The molecule has 0 amide bonds. The molecule has 0 spiro atoms. The number of aromatic nitrogens is 1. The second-order valence-corrected chi connectivity index (χ2v) is 4.99. The highest BCUT2D eigenvalue weighted by molar-refractivity contribution is 6.35. The van der Waals surface area contributed by atoms with Crippen LogP contribution in [0.15, 0.2) is 24.3 Å². The average Bonchev–Trinajstić information content (AvgIpc) is 2.88. The van der Waals surface area contributed by atoms with Gasteiger partial charge in [0.15, 0.2) is 11.5 Å². The standard InChI is InChI=1S/C14H10ClFN2O3/c15-9-11(17)10(16)12(18-13(9)14(19)20)8-5-6-3-1-2-4-7(6)21-8/h1-4,8H,5H2,(H2,17,18)(H,19,20). The first-order valence-corrected chi connectivity index (χ1v) is 6.49. The SMILES string of the molecule is Nc1c(F)c(C2Cc3ccccc3O2)nc(C(=O)O)c1Cl. The highest BCUT2D eigenvalue weighted by Gasteiger charge is 2.31. The summed E-state index contributed by atoms with van der Waals surface area (Å²) in [4.78, 5) is 14.9. The number of halogens is 2. The molecule has 0 fully saturated rings. The quantitative estimate of drug-likeness (QED) is 0.891. The molecule has 0 aliphatic carbocycles. The molecule has 5 nitrogen and oxygen atoms in total. The summed E-state index contributed by atoms with van der Waals surface area (Å²) in [5.41, 5.74) is 5.36. The van der Waals surface area contributed by atoms with E-state index < -0.39 is 34.3 Å². The van der Waals surface area contributed by atoms with Gasteiger partial charge in [0.2, 0.25) is 0 Å². The molecule has 1 aromatic carbocycles. The van der Waals surface area contributed by atoms with Crippen LogP contribution in [0.1, 0.15) is 27.8 Å². The van der Waals surface area contributed by atoms with Crippen molar-refractivity contribution >= 4 is 23.3 Å². The molecule has 1 aromatic heterocycles. The van der Waals surface area contributed by atoms with E-state index in [4.69, 9.17) is 27.2 Å². The number of nitrogen functional groups attached to an aromatic ring is 1. The lowest BCUT2D eigenvalue weighted by atomic mass is 10.1. The van der Waals surface area contributed by atoms with E-state index in [9.17, 15) is 9.18 Å². The van der Waals surface area contributed by atoms with Crippen molar-refractivity contribution in [1.82, 2.24) is 4.98 Å². The Morgan fingerprint density at radius 2 is 2.19 bits per heavy atom. The van der Waals surface area contributed by atoms with Crippen molar-refractivity contribution in [3.63, 3.8) is 0 Å². The second-order valence-electron chi connectivity index (χ2n) is 4.61. The Morgan fingerprint density at radius 1 is 1.48 bits per heavy atom. The summed E-state index contributed by atoms with van der Waals surface area (Å²) < 4.78 is 19.8. The monoisotopic (exact) mass is 308 g/mol. The van der Waals surface area contributed by atoms with E-state index in [1.165, 1.54) is 0 Å². The maximum absolute atomic E-state index is 14.2. The van der Waals surface area contributed by atoms with Crippen LogP contribution in [0.2, 0.25) is 5.02 Å². The van der Waals surface area contributed by atoms with Crippen LogP contribution in [0.25, 0.3) is 0 Å². The van der Waals surface area contributed by atoms with Crippen molar-refractivity contribution in [1.29, 1.82) is 0 Å². The zero-order chi connectivity index (χ0) is 15.1. The number of para-hydroxylation sites is 1.